The summed E-state index contributed by atoms with van der Waals surface area (Å²) in [6, 6.07) is 7.47. The molecule has 2 aliphatic rings. The molecule has 1 aromatic carbocycles. The molecule has 0 aromatic heterocycles. The predicted octanol–water partition coefficient (Wildman–Crippen LogP) is 1.68. The first-order chi connectivity index (χ1) is 10.9. The van der Waals surface area contributed by atoms with E-state index in [2.05, 4.69) is 9.80 Å². The Morgan fingerprint density at radius 2 is 1.87 bits per heavy atom. The highest BCUT2D eigenvalue weighted by Gasteiger charge is 2.31. The lowest BCUT2D eigenvalue weighted by molar-refractivity contribution is -0.130. The second-order valence-electron chi connectivity index (χ2n) is 6.64. The molecule has 2 heterocycles. The average Bonchev–Trinajstić information content (AvgIpc) is 2.93. The van der Waals surface area contributed by atoms with Crippen LogP contribution in [0.3, 0.4) is 0 Å². The predicted molar refractivity (Wildman–Crippen MR) is 88.8 cm³/mol. The van der Waals surface area contributed by atoms with Crippen molar-refractivity contribution in [1.29, 1.82) is 0 Å². The quantitative estimate of drug-likeness (QED) is 0.839. The van der Waals surface area contributed by atoms with Crippen molar-refractivity contribution in [2.24, 2.45) is 0 Å². The van der Waals surface area contributed by atoms with E-state index in [9.17, 15) is 13.2 Å². The molecule has 6 heteroatoms. The molecule has 2 aliphatic heterocycles. The first kappa shape index (κ1) is 16.5. The molecule has 1 atom stereocenters. The van der Waals surface area contributed by atoms with Crippen LogP contribution in [0.15, 0.2) is 29.2 Å². The first-order valence-corrected chi connectivity index (χ1v) is 10.1. The summed E-state index contributed by atoms with van der Waals surface area (Å²) in [6.07, 6.45) is 5.11. The Bertz CT molecular complexity index is 670. The fourth-order valence-corrected chi connectivity index (χ4v) is 4.22. The van der Waals surface area contributed by atoms with Crippen LogP contribution in [0.2, 0.25) is 0 Å². The molecule has 5 nitrogen and oxygen atoms in total. The molecule has 3 rings (SSSR count). The van der Waals surface area contributed by atoms with E-state index in [1.165, 1.54) is 6.26 Å². The number of rotatable bonds is 4. The van der Waals surface area contributed by atoms with Crippen LogP contribution < -0.4 is 0 Å². The summed E-state index contributed by atoms with van der Waals surface area (Å²) in [7, 11) is -3.14. The maximum atomic E-state index is 11.9. The highest BCUT2D eigenvalue weighted by molar-refractivity contribution is 7.90. The van der Waals surface area contributed by atoms with E-state index >= 15 is 0 Å². The minimum absolute atomic E-state index is 0.300. The topological polar surface area (TPSA) is 57.7 Å². The molecule has 0 saturated carbocycles. The number of hydrogen-bond donors (Lipinski definition) is 0. The highest BCUT2D eigenvalue weighted by atomic mass is 32.2. The smallest absolute Gasteiger partial charge is 0.222 e. The van der Waals surface area contributed by atoms with Crippen LogP contribution in [0, 0.1) is 0 Å². The Morgan fingerprint density at radius 1 is 1.13 bits per heavy atom. The van der Waals surface area contributed by atoms with Gasteiger partial charge in [0, 0.05) is 38.4 Å². The van der Waals surface area contributed by atoms with E-state index in [4.69, 9.17) is 0 Å². The van der Waals surface area contributed by atoms with E-state index in [1.807, 2.05) is 12.1 Å². The number of sulfone groups is 1. The average molecular weight is 336 g/mol. The number of amides is 1. The second-order valence-corrected chi connectivity index (χ2v) is 8.65. The van der Waals surface area contributed by atoms with E-state index in [1.54, 1.807) is 12.1 Å². The maximum Gasteiger partial charge on any atom is 0.222 e. The van der Waals surface area contributed by atoms with Crippen LogP contribution in [0.5, 0.6) is 0 Å². The van der Waals surface area contributed by atoms with Crippen LogP contribution in [-0.2, 0) is 21.2 Å². The van der Waals surface area contributed by atoms with Crippen molar-refractivity contribution < 1.29 is 13.2 Å². The molecule has 0 N–H and O–H groups in total. The lowest BCUT2D eigenvalue weighted by atomic mass is 10.0. The molecular weight excluding hydrogens is 312 g/mol. The van der Waals surface area contributed by atoms with E-state index in [0.29, 0.717) is 23.3 Å². The van der Waals surface area contributed by atoms with Crippen molar-refractivity contribution >= 4 is 15.7 Å². The maximum absolute atomic E-state index is 11.9. The molecule has 0 radical (unpaired) electrons. The summed E-state index contributed by atoms with van der Waals surface area (Å²) in [5.41, 5.74) is 1.12. The first-order valence-electron chi connectivity index (χ1n) is 8.24. The van der Waals surface area contributed by atoms with Gasteiger partial charge in [-0.05, 0) is 43.5 Å². The second kappa shape index (κ2) is 6.61. The van der Waals surface area contributed by atoms with Gasteiger partial charge in [0.05, 0.1) is 4.90 Å². The van der Waals surface area contributed by atoms with Gasteiger partial charge in [0.15, 0.2) is 9.84 Å². The van der Waals surface area contributed by atoms with Crippen molar-refractivity contribution in [2.45, 2.75) is 43.2 Å². The van der Waals surface area contributed by atoms with Gasteiger partial charge >= 0.3 is 0 Å². The largest absolute Gasteiger partial charge is 0.338 e. The molecular formula is C17H24N2O3S. The lowest BCUT2D eigenvalue weighted by Gasteiger charge is -2.37. The van der Waals surface area contributed by atoms with Gasteiger partial charge in [-0.1, -0.05) is 12.1 Å². The minimum atomic E-state index is -3.14. The Kier molecular flexibility index (Phi) is 4.73. The Morgan fingerprint density at radius 3 is 2.48 bits per heavy atom. The summed E-state index contributed by atoms with van der Waals surface area (Å²) in [5, 5.41) is 0. The zero-order chi connectivity index (χ0) is 16.4. The highest BCUT2D eigenvalue weighted by Crippen LogP contribution is 2.22. The van der Waals surface area contributed by atoms with Gasteiger partial charge in [-0.25, -0.2) is 8.42 Å². The minimum Gasteiger partial charge on any atom is -0.338 e. The summed E-state index contributed by atoms with van der Waals surface area (Å²) in [5.74, 6) is 0.300. The summed E-state index contributed by atoms with van der Waals surface area (Å²) >= 11 is 0. The summed E-state index contributed by atoms with van der Waals surface area (Å²) in [4.78, 5) is 16.7. The third-order valence-corrected chi connectivity index (χ3v) is 5.92. The van der Waals surface area contributed by atoms with Crippen molar-refractivity contribution in [3.8, 4) is 0 Å². The summed E-state index contributed by atoms with van der Waals surface area (Å²) < 4.78 is 23.0. The van der Waals surface area contributed by atoms with Gasteiger partial charge in [-0.2, -0.15) is 0 Å². The van der Waals surface area contributed by atoms with Crippen LogP contribution in [0.1, 0.15) is 31.2 Å². The van der Waals surface area contributed by atoms with Crippen LogP contribution in [0.25, 0.3) is 0 Å². The van der Waals surface area contributed by atoms with E-state index in [0.717, 1.165) is 51.0 Å². The number of likely N-dealkylation sites (tertiary alicyclic amines) is 2. The van der Waals surface area contributed by atoms with Gasteiger partial charge in [0.25, 0.3) is 0 Å². The van der Waals surface area contributed by atoms with Crippen molar-refractivity contribution in [2.75, 3.05) is 25.9 Å². The van der Waals surface area contributed by atoms with Gasteiger partial charge in [0.1, 0.15) is 0 Å². The molecule has 126 valence electrons. The third-order valence-electron chi connectivity index (χ3n) is 4.79. The van der Waals surface area contributed by atoms with Crippen LogP contribution >= 0.6 is 0 Å². The fourth-order valence-electron chi connectivity index (χ4n) is 3.58. The van der Waals surface area contributed by atoms with Gasteiger partial charge in [-0.15, -0.1) is 0 Å². The zero-order valence-corrected chi connectivity index (χ0v) is 14.4. The zero-order valence-electron chi connectivity index (χ0n) is 13.6. The normalized spacial score (nSPS) is 23.4. The molecule has 0 bridgehead atoms. The van der Waals surface area contributed by atoms with Gasteiger partial charge in [-0.3, -0.25) is 9.69 Å². The van der Waals surface area contributed by atoms with Crippen molar-refractivity contribution in [3.63, 3.8) is 0 Å². The van der Waals surface area contributed by atoms with Crippen molar-refractivity contribution in [1.82, 2.24) is 9.80 Å². The number of nitrogens with zero attached hydrogens (tertiary/aromatic N) is 2. The van der Waals surface area contributed by atoms with Crippen LogP contribution in [0.4, 0.5) is 0 Å². The number of carbonyl (C=O) groups excluding carboxylic acids is 1. The Hall–Kier alpha value is -1.40. The molecule has 2 saturated heterocycles. The van der Waals surface area contributed by atoms with Crippen molar-refractivity contribution in [3.05, 3.63) is 29.8 Å². The number of hydrogen-bond acceptors (Lipinski definition) is 4. The summed E-state index contributed by atoms with van der Waals surface area (Å²) in [6.45, 7) is 3.66. The fraction of sp³-hybridized carbons (Fsp3) is 0.588. The molecule has 0 unspecified atom stereocenters. The third kappa shape index (κ3) is 3.93. The molecule has 1 aromatic rings. The van der Waals surface area contributed by atoms with E-state index in [-0.39, 0.29) is 0 Å². The molecule has 0 aliphatic carbocycles. The monoisotopic (exact) mass is 336 g/mol. The van der Waals surface area contributed by atoms with E-state index < -0.39 is 9.84 Å². The SMILES string of the molecule is CS(=O)(=O)c1ccc(CN2CCC[C@@H](N3CCCC3=O)C2)cc1. The van der Waals surface area contributed by atoms with Gasteiger partial charge in [0.2, 0.25) is 5.91 Å². The van der Waals surface area contributed by atoms with Gasteiger partial charge < -0.3 is 4.90 Å². The number of carbonyl (C=O) groups is 1. The number of benzene rings is 1. The lowest BCUT2D eigenvalue weighted by Crippen LogP contribution is -2.48. The molecule has 0 spiro atoms. The molecule has 23 heavy (non-hydrogen) atoms. The number of piperidine rings is 1. The molecule has 1 amide bonds. The Labute approximate surface area is 138 Å². The standard InChI is InChI=1S/C17H24N2O3S/c1-23(21,22)16-8-6-14(7-9-16)12-18-10-2-4-15(13-18)19-11-3-5-17(19)20/h6-9,15H,2-5,10-13H2,1H3/t15-/m1/s1. The Balaban J connectivity index is 1.62. The molecule has 2 fully saturated rings. The van der Waals surface area contributed by atoms with Crippen LogP contribution in [-0.4, -0.2) is 56.1 Å².